The van der Waals surface area contributed by atoms with Crippen LogP contribution in [0.1, 0.15) is 48.7 Å². The van der Waals surface area contributed by atoms with E-state index in [0.29, 0.717) is 28.9 Å². The number of hydrogen-bond acceptors (Lipinski definition) is 10. The Kier molecular flexibility index (Phi) is 7.48. The van der Waals surface area contributed by atoms with Crippen molar-refractivity contribution in [2.24, 2.45) is 23.0 Å². The summed E-state index contributed by atoms with van der Waals surface area (Å²) in [4.78, 5) is 46.1. The third-order valence-corrected chi connectivity index (χ3v) is 8.71. The molecule has 0 aliphatic heterocycles. The van der Waals surface area contributed by atoms with Gasteiger partial charge in [-0.25, -0.2) is 0 Å². The first-order valence-electron chi connectivity index (χ1n) is 14.2. The number of nitrogens with one attached hydrogen (secondary N) is 1. The van der Waals surface area contributed by atoms with Gasteiger partial charge in [-0.1, -0.05) is 26.8 Å². The quantitative estimate of drug-likeness (QED) is 0.273. The number of aromatic hydroxyl groups is 1. The number of phenols is 1. The van der Waals surface area contributed by atoms with Gasteiger partial charge in [0.25, 0.3) is 5.91 Å². The number of likely N-dealkylation sites (N-methyl/N-ethyl adjacent to an activating group) is 1. The SMILES string of the molecule is CN(C)[C@H]1C(O)=C(C(N)=O)C(=O)C2(O)C(O)=C3C(=O)c4c(O)c(CNCC(C)(C)C)cc(-c5ccccn5)c4C[C@H]3C[C@@H]12. The molecule has 0 bridgehead atoms. The van der Waals surface area contributed by atoms with Crippen molar-refractivity contribution < 1.29 is 34.8 Å². The third kappa shape index (κ3) is 4.81. The number of rotatable bonds is 6. The molecular formula is C32H38N4O7. The number of phenolic OH excluding ortho intramolecular Hbond substituents is 1. The number of hydrogen-bond donors (Lipinski definition) is 6. The summed E-state index contributed by atoms with van der Waals surface area (Å²) in [5.74, 6) is -6.75. The van der Waals surface area contributed by atoms with Gasteiger partial charge in [0, 0.05) is 41.9 Å². The summed E-state index contributed by atoms with van der Waals surface area (Å²) in [5.41, 5.74) is 3.87. The molecule has 2 aromatic rings. The summed E-state index contributed by atoms with van der Waals surface area (Å²) in [6.07, 6.45) is 1.84. The fourth-order valence-corrected chi connectivity index (χ4v) is 6.83. The van der Waals surface area contributed by atoms with Crippen LogP contribution in [-0.2, 0) is 22.6 Å². The Morgan fingerprint density at radius 2 is 1.88 bits per heavy atom. The van der Waals surface area contributed by atoms with E-state index >= 15 is 0 Å². The largest absolute Gasteiger partial charge is 0.510 e. The van der Waals surface area contributed by atoms with E-state index in [9.17, 15) is 34.8 Å². The van der Waals surface area contributed by atoms with E-state index in [2.05, 4.69) is 31.1 Å². The third-order valence-electron chi connectivity index (χ3n) is 8.71. The Hall–Kier alpha value is -4.06. The highest BCUT2D eigenvalue weighted by Crippen LogP contribution is 2.53. The van der Waals surface area contributed by atoms with Crippen molar-refractivity contribution in [3.63, 3.8) is 0 Å². The summed E-state index contributed by atoms with van der Waals surface area (Å²) in [6, 6.07) is 6.17. The van der Waals surface area contributed by atoms with Gasteiger partial charge in [0.2, 0.25) is 5.78 Å². The first-order valence-corrected chi connectivity index (χ1v) is 14.2. The van der Waals surface area contributed by atoms with Crippen LogP contribution in [0.15, 0.2) is 53.1 Å². The molecule has 228 valence electrons. The molecule has 0 saturated heterocycles. The molecule has 0 fully saturated rings. The summed E-state index contributed by atoms with van der Waals surface area (Å²) < 4.78 is 0. The van der Waals surface area contributed by atoms with Crippen molar-refractivity contribution in [1.82, 2.24) is 15.2 Å². The lowest BCUT2D eigenvalue weighted by atomic mass is 9.58. The number of primary amides is 1. The molecule has 1 aromatic carbocycles. The Balaban J connectivity index is 1.70. The predicted molar refractivity (Wildman–Crippen MR) is 158 cm³/mol. The molecule has 3 aliphatic carbocycles. The van der Waals surface area contributed by atoms with E-state index in [0.717, 1.165) is 0 Å². The number of carbonyl (C=O) groups excluding carboxylic acids is 3. The maximum absolute atomic E-state index is 14.3. The normalized spacial score (nSPS) is 25.5. The number of ketones is 2. The molecule has 1 heterocycles. The van der Waals surface area contributed by atoms with Gasteiger partial charge in [0.1, 0.15) is 22.8 Å². The van der Waals surface area contributed by atoms with Crippen LogP contribution in [-0.4, -0.2) is 80.1 Å². The van der Waals surface area contributed by atoms with E-state index in [-0.39, 0.29) is 41.7 Å². The zero-order valence-electron chi connectivity index (χ0n) is 24.9. The molecule has 7 N–H and O–H groups in total. The number of fused-ring (bicyclic) bond motifs is 3. The molecule has 0 spiro atoms. The van der Waals surface area contributed by atoms with Crippen LogP contribution in [0.3, 0.4) is 0 Å². The molecule has 43 heavy (non-hydrogen) atoms. The molecule has 5 rings (SSSR count). The lowest BCUT2D eigenvalue weighted by molar-refractivity contribution is -0.148. The standard InChI is InChI=1S/C32H38N4O7/c1-31(2,3)14-34-13-16-11-17(20-8-6-7-9-35-20)18-10-15-12-19-24(36(4)5)27(39)23(30(33)42)29(41)32(19,43)28(40)21(15)26(38)22(18)25(16)37/h6-9,11,15,19,24,34,37,39-40,43H,10,12-14H2,1-5H3,(H2,33,42)/t15-,19-,24+,32?/m0/s1. The second-order valence-electron chi connectivity index (χ2n) is 13.1. The van der Waals surface area contributed by atoms with Crippen LogP contribution in [0.5, 0.6) is 5.75 Å². The van der Waals surface area contributed by atoms with Gasteiger partial charge in [-0.2, -0.15) is 0 Å². The number of amides is 1. The number of aliphatic hydroxyl groups is 3. The topological polar surface area (TPSA) is 186 Å². The molecule has 3 aliphatic rings. The highest BCUT2D eigenvalue weighted by Gasteiger charge is 2.63. The van der Waals surface area contributed by atoms with Crippen LogP contribution in [0.2, 0.25) is 0 Å². The Morgan fingerprint density at radius 1 is 1.19 bits per heavy atom. The van der Waals surface area contributed by atoms with Crippen molar-refractivity contribution in [1.29, 1.82) is 0 Å². The van der Waals surface area contributed by atoms with Crippen molar-refractivity contribution >= 4 is 17.5 Å². The van der Waals surface area contributed by atoms with E-state index < -0.39 is 58.0 Å². The highest BCUT2D eigenvalue weighted by atomic mass is 16.3. The molecule has 11 nitrogen and oxygen atoms in total. The van der Waals surface area contributed by atoms with Crippen LogP contribution < -0.4 is 11.1 Å². The summed E-state index contributed by atoms with van der Waals surface area (Å²) >= 11 is 0. The Labute approximate surface area is 249 Å². The zero-order valence-corrected chi connectivity index (χ0v) is 24.9. The number of aliphatic hydroxyl groups excluding tert-OH is 2. The van der Waals surface area contributed by atoms with Gasteiger partial charge >= 0.3 is 0 Å². The minimum atomic E-state index is -2.68. The Bertz CT molecular complexity index is 1590. The van der Waals surface area contributed by atoms with Gasteiger partial charge < -0.3 is 31.5 Å². The minimum Gasteiger partial charge on any atom is -0.510 e. The molecular weight excluding hydrogens is 552 g/mol. The number of allylic oxidation sites excluding steroid dienone is 1. The maximum atomic E-state index is 14.3. The lowest BCUT2D eigenvalue weighted by Crippen LogP contribution is -2.63. The average molecular weight is 591 g/mol. The van der Waals surface area contributed by atoms with Gasteiger partial charge in [0.15, 0.2) is 11.4 Å². The van der Waals surface area contributed by atoms with Crippen molar-refractivity contribution in [2.75, 3.05) is 20.6 Å². The van der Waals surface area contributed by atoms with Gasteiger partial charge in [-0.15, -0.1) is 0 Å². The van der Waals surface area contributed by atoms with E-state index in [1.165, 1.54) is 4.90 Å². The lowest BCUT2D eigenvalue weighted by Gasteiger charge is -2.50. The maximum Gasteiger partial charge on any atom is 0.255 e. The van der Waals surface area contributed by atoms with Crippen molar-refractivity contribution in [3.8, 4) is 17.0 Å². The smallest absolute Gasteiger partial charge is 0.255 e. The summed E-state index contributed by atoms with van der Waals surface area (Å²) in [6.45, 7) is 7.09. The number of nitrogens with two attached hydrogens (primary N) is 1. The van der Waals surface area contributed by atoms with Crippen LogP contribution in [0, 0.1) is 17.3 Å². The number of pyridine rings is 1. The number of nitrogens with zero attached hydrogens (tertiary/aromatic N) is 2. The first kappa shape index (κ1) is 30.4. The first-order chi connectivity index (χ1) is 20.1. The Morgan fingerprint density at radius 3 is 2.47 bits per heavy atom. The van der Waals surface area contributed by atoms with Crippen molar-refractivity contribution in [3.05, 3.63) is 69.8 Å². The number of Topliss-reactive ketones (excluding diaryl/α,β-unsaturated/α-hetero) is 2. The van der Waals surface area contributed by atoms with Crippen LogP contribution in [0.25, 0.3) is 11.3 Å². The second-order valence-corrected chi connectivity index (χ2v) is 13.1. The molecule has 11 heteroatoms. The van der Waals surface area contributed by atoms with Gasteiger partial charge in [-0.3, -0.25) is 24.3 Å². The van der Waals surface area contributed by atoms with Crippen LogP contribution >= 0.6 is 0 Å². The fraction of sp³-hybridized carbons (Fsp3) is 0.438. The van der Waals surface area contributed by atoms with E-state index in [1.807, 2.05) is 18.2 Å². The predicted octanol–water partition coefficient (Wildman–Crippen LogP) is 2.32. The van der Waals surface area contributed by atoms with Gasteiger partial charge in [-0.05, 0) is 62.0 Å². The molecule has 1 aromatic heterocycles. The minimum absolute atomic E-state index is 0.0169. The average Bonchev–Trinajstić information content (AvgIpc) is 2.91. The molecule has 4 atom stereocenters. The van der Waals surface area contributed by atoms with Crippen molar-refractivity contribution in [2.45, 2.75) is 51.8 Å². The van der Waals surface area contributed by atoms with E-state index in [4.69, 9.17) is 5.73 Å². The molecule has 1 amide bonds. The van der Waals surface area contributed by atoms with Gasteiger partial charge in [0.05, 0.1) is 17.3 Å². The second kappa shape index (κ2) is 10.6. The van der Waals surface area contributed by atoms with E-state index in [1.54, 1.807) is 26.4 Å². The fourth-order valence-electron chi connectivity index (χ4n) is 6.83. The van der Waals surface area contributed by atoms with Crippen LogP contribution in [0.4, 0.5) is 0 Å². The molecule has 0 radical (unpaired) electrons. The number of carbonyl (C=O) groups is 3. The monoisotopic (exact) mass is 590 g/mol. The zero-order chi connectivity index (χ0) is 31.6. The summed E-state index contributed by atoms with van der Waals surface area (Å²) in [5, 5.41) is 49.2. The molecule has 1 unspecified atom stereocenters. The number of aromatic nitrogens is 1. The summed E-state index contributed by atoms with van der Waals surface area (Å²) in [7, 11) is 3.19. The number of benzene rings is 1. The highest BCUT2D eigenvalue weighted by molar-refractivity contribution is 6.25. The molecule has 0 saturated carbocycles.